The lowest BCUT2D eigenvalue weighted by atomic mass is 9.69. The maximum absolute atomic E-state index is 13.8. The molecule has 1 aromatic rings. The largest absolute Gasteiger partial charge is 0.494 e. The molecule has 194 valence electrons. The van der Waals surface area contributed by atoms with E-state index in [1.807, 2.05) is 45.0 Å². The quantitative estimate of drug-likeness (QED) is 0.339. The highest BCUT2D eigenvalue weighted by molar-refractivity contribution is 6.12. The van der Waals surface area contributed by atoms with E-state index in [9.17, 15) is 14.4 Å². The van der Waals surface area contributed by atoms with Crippen LogP contribution >= 0.6 is 0 Å². The van der Waals surface area contributed by atoms with Gasteiger partial charge in [0.05, 0.1) is 19.3 Å². The first-order valence-corrected chi connectivity index (χ1v) is 13.1. The summed E-state index contributed by atoms with van der Waals surface area (Å²) in [6.45, 7) is 6.19. The molecule has 3 aliphatic rings. The summed E-state index contributed by atoms with van der Waals surface area (Å²) in [6.07, 6.45) is 6.50. The molecule has 2 aliphatic carbocycles. The Kier molecular flexibility index (Phi) is 8.17. The zero-order valence-electron chi connectivity index (χ0n) is 21.7. The highest BCUT2D eigenvalue weighted by atomic mass is 16.5. The maximum atomic E-state index is 13.8. The lowest BCUT2D eigenvalue weighted by Gasteiger charge is -2.38. The molecule has 1 N–H and O–H groups in total. The third kappa shape index (κ3) is 5.20. The van der Waals surface area contributed by atoms with Gasteiger partial charge in [0.25, 0.3) is 0 Å². The Hall–Kier alpha value is -3.09. The molecule has 1 saturated carbocycles. The monoisotopic (exact) mass is 495 g/mol. The number of ether oxygens (including phenoxy) is 3. The Balaban J connectivity index is 1.76. The molecular formula is C29H37NO6. The summed E-state index contributed by atoms with van der Waals surface area (Å²) < 4.78 is 16.6. The number of ketones is 1. The van der Waals surface area contributed by atoms with Crippen LogP contribution in [0.15, 0.2) is 46.8 Å². The van der Waals surface area contributed by atoms with E-state index in [4.69, 9.17) is 14.2 Å². The molecule has 0 unspecified atom stereocenters. The van der Waals surface area contributed by atoms with E-state index >= 15 is 0 Å². The van der Waals surface area contributed by atoms with Crippen molar-refractivity contribution in [2.75, 3.05) is 13.7 Å². The highest BCUT2D eigenvalue weighted by Gasteiger charge is 2.47. The molecule has 7 nitrogen and oxygen atoms in total. The maximum Gasteiger partial charge on any atom is 0.337 e. The number of allylic oxidation sites excluding steroid dienone is 3. The number of hydrogen-bond acceptors (Lipinski definition) is 7. The van der Waals surface area contributed by atoms with Gasteiger partial charge in [0.1, 0.15) is 17.8 Å². The van der Waals surface area contributed by atoms with E-state index in [0.29, 0.717) is 35.6 Å². The summed E-state index contributed by atoms with van der Waals surface area (Å²) >= 11 is 0. The van der Waals surface area contributed by atoms with Crippen molar-refractivity contribution in [3.8, 4) is 5.75 Å². The number of rotatable bonds is 6. The van der Waals surface area contributed by atoms with E-state index in [-0.39, 0.29) is 17.8 Å². The molecule has 36 heavy (non-hydrogen) atoms. The Morgan fingerprint density at radius 3 is 2.33 bits per heavy atom. The van der Waals surface area contributed by atoms with Crippen LogP contribution in [0.2, 0.25) is 0 Å². The van der Waals surface area contributed by atoms with Crippen molar-refractivity contribution in [2.45, 2.75) is 77.7 Å². The van der Waals surface area contributed by atoms with E-state index in [2.05, 4.69) is 5.32 Å². The van der Waals surface area contributed by atoms with Crippen LogP contribution in [0.4, 0.5) is 0 Å². The van der Waals surface area contributed by atoms with Crippen LogP contribution in [-0.4, -0.2) is 37.5 Å². The molecule has 7 heteroatoms. The fraction of sp³-hybridized carbons (Fsp3) is 0.552. The molecule has 1 aromatic carbocycles. The van der Waals surface area contributed by atoms with Crippen LogP contribution in [0.3, 0.4) is 0 Å². The summed E-state index contributed by atoms with van der Waals surface area (Å²) in [5, 5.41) is 3.33. The van der Waals surface area contributed by atoms with Crippen molar-refractivity contribution in [1.29, 1.82) is 0 Å². The normalized spacial score (nSPS) is 25.0. The molecule has 0 spiro atoms. The summed E-state index contributed by atoms with van der Waals surface area (Å²) in [4.78, 5) is 40.1. The number of dihydropyridines is 1. The van der Waals surface area contributed by atoms with E-state index in [0.717, 1.165) is 49.8 Å². The van der Waals surface area contributed by atoms with Crippen molar-refractivity contribution in [2.24, 2.45) is 11.8 Å². The van der Waals surface area contributed by atoms with Crippen LogP contribution in [0, 0.1) is 11.8 Å². The number of hydrogen-bond donors (Lipinski definition) is 1. The van der Waals surface area contributed by atoms with Gasteiger partial charge >= 0.3 is 11.9 Å². The number of carbonyl (C=O) groups is 3. The first-order valence-electron chi connectivity index (χ1n) is 13.1. The third-order valence-electron chi connectivity index (χ3n) is 7.56. The average molecular weight is 496 g/mol. The van der Waals surface area contributed by atoms with E-state index < -0.39 is 23.8 Å². The van der Waals surface area contributed by atoms with Gasteiger partial charge in [0, 0.05) is 22.9 Å². The zero-order valence-corrected chi connectivity index (χ0v) is 21.7. The lowest BCUT2D eigenvalue weighted by Crippen LogP contribution is -2.43. The number of methoxy groups -OCH3 is 1. The Labute approximate surface area is 213 Å². The molecule has 3 atom stereocenters. The van der Waals surface area contributed by atoms with Crippen molar-refractivity contribution >= 4 is 17.7 Å². The molecule has 1 heterocycles. The lowest BCUT2D eigenvalue weighted by molar-refractivity contribution is -0.151. The molecule has 1 aliphatic heterocycles. The van der Waals surface area contributed by atoms with Crippen molar-refractivity contribution in [3.63, 3.8) is 0 Å². The molecule has 0 radical (unpaired) electrons. The summed E-state index contributed by atoms with van der Waals surface area (Å²) in [5.74, 6) is -2.29. The van der Waals surface area contributed by atoms with Crippen molar-refractivity contribution < 1.29 is 28.6 Å². The van der Waals surface area contributed by atoms with Crippen molar-refractivity contribution in [3.05, 3.63) is 52.4 Å². The van der Waals surface area contributed by atoms with Gasteiger partial charge in [0.2, 0.25) is 0 Å². The van der Waals surface area contributed by atoms with Crippen LogP contribution in [-0.2, 0) is 23.9 Å². The summed E-state index contributed by atoms with van der Waals surface area (Å²) in [7, 11) is 1.30. The van der Waals surface area contributed by atoms with Crippen LogP contribution in [0.25, 0.3) is 0 Å². The van der Waals surface area contributed by atoms with E-state index in [1.165, 1.54) is 7.11 Å². The van der Waals surface area contributed by atoms with Crippen LogP contribution < -0.4 is 10.1 Å². The SMILES string of the molecule is CCOc1ccc([C@@H]2C(C(=O)OC3CCCCCC3)=C(C)NC3=C2C(=O)[C@H](C(=O)OC)[C@H](C)C3)cc1. The molecular weight excluding hydrogens is 458 g/mol. The van der Waals surface area contributed by atoms with Gasteiger partial charge in [-0.15, -0.1) is 0 Å². The second-order valence-corrected chi connectivity index (χ2v) is 10.1. The first kappa shape index (κ1) is 26.0. The molecule has 0 saturated heterocycles. The predicted molar refractivity (Wildman–Crippen MR) is 135 cm³/mol. The topological polar surface area (TPSA) is 90.9 Å². The Bertz CT molecular complexity index is 1060. The minimum Gasteiger partial charge on any atom is -0.494 e. The third-order valence-corrected chi connectivity index (χ3v) is 7.56. The van der Waals surface area contributed by atoms with Gasteiger partial charge in [0.15, 0.2) is 5.78 Å². The summed E-state index contributed by atoms with van der Waals surface area (Å²) in [6, 6.07) is 7.46. The number of carbonyl (C=O) groups excluding carboxylic acids is 3. The van der Waals surface area contributed by atoms with Crippen LogP contribution in [0.5, 0.6) is 5.75 Å². The van der Waals surface area contributed by atoms with Gasteiger partial charge in [-0.2, -0.15) is 0 Å². The Morgan fingerprint density at radius 2 is 1.72 bits per heavy atom. The molecule has 0 amide bonds. The summed E-state index contributed by atoms with van der Waals surface area (Å²) in [5.41, 5.74) is 3.10. The number of Topliss-reactive ketones (excluding diaryl/α,β-unsaturated/α-hetero) is 1. The number of benzene rings is 1. The average Bonchev–Trinajstić information content (AvgIpc) is 3.12. The van der Waals surface area contributed by atoms with Gasteiger partial charge in [-0.3, -0.25) is 9.59 Å². The minimum absolute atomic E-state index is 0.124. The van der Waals surface area contributed by atoms with Gasteiger partial charge in [-0.25, -0.2) is 4.79 Å². The minimum atomic E-state index is -0.904. The van der Waals surface area contributed by atoms with E-state index in [1.54, 1.807) is 0 Å². The molecule has 4 rings (SSSR count). The van der Waals surface area contributed by atoms with Gasteiger partial charge < -0.3 is 19.5 Å². The highest BCUT2D eigenvalue weighted by Crippen LogP contribution is 2.46. The zero-order chi connectivity index (χ0) is 25.8. The van der Waals surface area contributed by atoms with Crippen molar-refractivity contribution in [1.82, 2.24) is 5.32 Å². The fourth-order valence-electron chi connectivity index (χ4n) is 5.78. The molecule has 1 fully saturated rings. The van der Waals surface area contributed by atoms with Gasteiger partial charge in [-0.1, -0.05) is 31.9 Å². The van der Waals surface area contributed by atoms with Gasteiger partial charge in [-0.05, 0) is 69.6 Å². The smallest absolute Gasteiger partial charge is 0.337 e. The first-order chi connectivity index (χ1) is 17.3. The molecule has 0 aromatic heterocycles. The second-order valence-electron chi connectivity index (χ2n) is 10.1. The predicted octanol–water partition coefficient (Wildman–Crippen LogP) is 4.96. The van der Waals surface area contributed by atoms with Crippen LogP contribution in [0.1, 0.15) is 77.2 Å². The molecule has 0 bridgehead atoms. The standard InChI is InChI=1S/C29H37NO6/c1-5-35-20-14-12-19(13-15-20)25-24(29(33)36-21-10-8-6-7-9-11-21)18(3)30-22-16-17(2)23(28(32)34-4)27(31)26(22)25/h12-15,17,21,23,25,30H,5-11,16H2,1-4H3/t17-,23-,25-/m1/s1. The fourth-order valence-corrected chi connectivity index (χ4v) is 5.78. The Morgan fingerprint density at radius 1 is 1.06 bits per heavy atom. The second kappa shape index (κ2) is 11.3. The number of esters is 2. The number of nitrogens with one attached hydrogen (secondary N) is 1.